The van der Waals surface area contributed by atoms with Crippen LogP contribution >= 0.6 is 0 Å². The van der Waals surface area contributed by atoms with E-state index in [1.165, 1.54) is 0 Å². The quantitative estimate of drug-likeness (QED) is 0.655. The molecule has 2 rings (SSSR count). The van der Waals surface area contributed by atoms with Crippen LogP contribution in [0, 0.1) is 0 Å². The van der Waals surface area contributed by atoms with E-state index in [1.807, 2.05) is 72.8 Å². The van der Waals surface area contributed by atoms with Gasteiger partial charge in [0, 0.05) is 0 Å². The van der Waals surface area contributed by atoms with Crippen LogP contribution in [0.3, 0.4) is 0 Å². The summed E-state index contributed by atoms with van der Waals surface area (Å²) in [7, 11) is 0. The van der Waals surface area contributed by atoms with E-state index in [9.17, 15) is 4.79 Å². The lowest BCUT2D eigenvalue weighted by Gasteiger charge is -1.91. The minimum atomic E-state index is 0.106. The second kappa shape index (κ2) is 12.1. The molecular formula is C19H20O3. The fourth-order valence-corrected chi connectivity index (χ4v) is 1.60. The zero-order chi connectivity index (χ0) is 15.9. The zero-order valence-corrected chi connectivity index (χ0v) is 12.3. The first-order valence-electron chi connectivity index (χ1n) is 6.96. The van der Waals surface area contributed by atoms with Gasteiger partial charge in [-0.2, -0.15) is 0 Å². The molecule has 114 valence electrons. The number of rotatable bonds is 6. The van der Waals surface area contributed by atoms with Crippen molar-refractivity contribution in [1.82, 2.24) is 0 Å². The highest BCUT2D eigenvalue weighted by Crippen LogP contribution is 2.00. The van der Waals surface area contributed by atoms with Gasteiger partial charge in [0.1, 0.15) is 6.61 Å². The molecule has 0 aromatic heterocycles. The van der Waals surface area contributed by atoms with Gasteiger partial charge in [0.05, 0.1) is 6.61 Å². The van der Waals surface area contributed by atoms with E-state index in [1.54, 1.807) is 12.2 Å². The van der Waals surface area contributed by atoms with Crippen LogP contribution in [0.1, 0.15) is 11.1 Å². The normalized spacial score (nSPS) is 10.2. The molecule has 0 bridgehead atoms. The van der Waals surface area contributed by atoms with Crippen molar-refractivity contribution >= 4 is 18.6 Å². The Kier molecular flexibility index (Phi) is 9.59. The molecule has 0 saturated carbocycles. The summed E-state index contributed by atoms with van der Waals surface area (Å²) >= 11 is 0. The number of carbonyl (C=O) groups excluding carboxylic acids is 1. The fourth-order valence-electron chi connectivity index (χ4n) is 1.60. The third kappa shape index (κ3) is 8.51. The van der Waals surface area contributed by atoms with Crippen molar-refractivity contribution in [2.75, 3.05) is 13.2 Å². The summed E-state index contributed by atoms with van der Waals surface area (Å²) < 4.78 is 4.49. The van der Waals surface area contributed by atoms with Crippen molar-refractivity contribution < 1.29 is 14.6 Å². The molecule has 0 aliphatic rings. The Labute approximate surface area is 131 Å². The third-order valence-corrected chi connectivity index (χ3v) is 2.59. The molecule has 2 aromatic rings. The molecule has 0 fully saturated rings. The number of ether oxygens (including phenoxy) is 1. The number of benzene rings is 2. The van der Waals surface area contributed by atoms with E-state index in [2.05, 4.69) is 4.74 Å². The monoisotopic (exact) mass is 296 g/mol. The Bertz CT molecular complexity index is 560. The molecule has 0 unspecified atom stereocenters. The molecule has 0 radical (unpaired) electrons. The molecule has 3 heteroatoms. The molecule has 0 atom stereocenters. The molecule has 0 saturated heterocycles. The molecular weight excluding hydrogens is 276 g/mol. The lowest BCUT2D eigenvalue weighted by atomic mass is 10.2. The van der Waals surface area contributed by atoms with Crippen molar-refractivity contribution in [3.63, 3.8) is 0 Å². The van der Waals surface area contributed by atoms with Crippen molar-refractivity contribution in [2.45, 2.75) is 0 Å². The van der Waals surface area contributed by atoms with Crippen LogP contribution < -0.4 is 0 Å². The molecule has 0 amide bonds. The molecule has 0 spiro atoms. The van der Waals surface area contributed by atoms with E-state index in [-0.39, 0.29) is 6.61 Å². The minimum absolute atomic E-state index is 0.106. The Morgan fingerprint density at radius 1 is 0.818 bits per heavy atom. The summed E-state index contributed by atoms with van der Waals surface area (Å²) in [6, 6.07) is 19.7. The van der Waals surface area contributed by atoms with Gasteiger partial charge in [0.25, 0.3) is 6.47 Å². The zero-order valence-electron chi connectivity index (χ0n) is 12.3. The van der Waals surface area contributed by atoms with Gasteiger partial charge >= 0.3 is 0 Å². The van der Waals surface area contributed by atoms with Crippen LogP contribution in [0.25, 0.3) is 12.2 Å². The molecule has 2 aromatic carbocycles. The smallest absolute Gasteiger partial charge is 0.293 e. The fraction of sp³-hybridized carbons (Fsp3) is 0.105. The number of carbonyl (C=O) groups is 1. The first kappa shape index (κ1) is 17.4. The first-order chi connectivity index (χ1) is 10.9. The van der Waals surface area contributed by atoms with Crippen molar-refractivity contribution in [2.24, 2.45) is 0 Å². The van der Waals surface area contributed by atoms with Crippen LogP contribution in [0.4, 0.5) is 0 Å². The Hall–Kier alpha value is -2.65. The van der Waals surface area contributed by atoms with E-state index < -0.39 is 0 Å². The van der Waals surface area contributed by atoms with E-state index in [0.29, 0.717) is 13.1 Å². The summed E-state index contributed by atoms with van der Waals surface area (Å²) in [6.45, 7) is 0.878. The van der Waals surface area contributed by atoms with Crippen LogP contribution in [0.15, 0.2) is 72.8 Å². The van der Waals surface area contributed by atoms with E-state index >= 15 is 0 Å². The molecule has 3 nitrogen and oxygen atoms in total. The number of aliphatic hydroxyl groups excluding tert-OH is 1. The lowest BCUT2D eigenvalue weighted by Crippen LogP contribution is -1.84. The highest BCUT2D eigenvalue weighted by atomic mass is 16.5. The third-order valence-electron chi connectivity index (χ3n) is 2.59. The van der Waals surface area contributed by atoms with Crippen LogP contribution in [0.5, 0.6) is 0 Å². The van der Waals surface area contributed by atoms with Gasteiger partial charge in [-0.25, -0.2) is 0 Å². The number of hydrogen-bond donors (Lipinski definition) is 1. The lowest BCUT2D eigenvalue weighted by molar-refractivity contribution is -0.127. The summed E-state index contributed by atoms with van der Waals surface area (Å²) in [5.74, 6) is 0. The molecule has 0 heterocycles. The molecule has 0 aliphatic heterocycles. The highest BCUT2D eigenvalue weighted by molar-refractivity contribution is 5.49. The van der Waals surface area contributed by atoms with Gasteiger partial charge in [0.15, 0.2) is 0 Å². The predicted octanol–water partition coefficient (Wildman–Crippen LogP) is 3.56. The molecule has 1 N–H and O–H groups in total. The van der Waals surface area contributed by atoms with Crippen molar-refractivity contribution in [3.05, 3.63) is 83.9 Å². The van der Waals surface area contributed by atoms with Gasteiger partial charge in [-0.15, -0.1) is 0 Å². The largest absolute Gasteiger partial charge is 0.464 e. The van der Waals surface area contributed by atoms with Gasteiger partial charge in [0.2, 0.25) is 0 Å². The first-order valence-corrected chi connectivity index (χ1v) is 6.96. The maximum absolute atomic E-state index is 9.76. The van der Waals surface area contributed by atoms with Crippen LogP contribution in [-0.4, -0.2) is 24.8 Å². The van der Waals surface area contributed by atoms with Gasteiger partial charge in [-0.3, -0.25) is 4.79 Å². The van der Waals surface area contributed by atoms with Crippen LogP contribution in [-0.2, 0) is 9.53 Å². The summed E-state index contributed by atoms with van der Waals surface area (Å²) in [5.41, 5.74) is 2.23. The summed E-state index contributed by atoms with van der Waals surface area (Å²) in [4.78, 5) is 9.76. The van der Waals surface area contributed by atoms with E-state index in [4.69, 9.17) is 5.11 Å². The topological polar surface area (TPSA) is 46.5 Å². The minimum Gasteiger partial charge on any atom is -0.464 e. The Balaban J connectivity index is 0.000000224. The van der Waals surface area contributed by atoms with Gasteiger partial charge in [-0.1, -0.05) is 78.9 Å². The maximum Gasteiger partial charge on any atom is 0.293 e. The maximum atomic E-state index is 9.76. The predicted molar refractivity (Wildman–Crippen MR) is 90.1 cm³/mol. The Morgan fingerprint density at radius 2 is 1.32 bits per heavy atom. The van der Waals surface area contributed by atoms with Crippen molar-refractivity contribution in [3.8, 4) is 0 Å². The summed E-state index contributed by atoms with van der Waals surface area (Å²) in [5, 5.41) is 8.44. The highest BCUT2D eigenvalue weighted by Gasteiger charge is 1.81. The van der Waals surface area contributed by atoms with Crippen LogP contribution in [0.2, 0.25) is 0 Å². The summed E-state index contributed by atoms with van der Waals surface area (Å²) in [6.07, 6.45) is 7.31. The van der Waals surface area contributed by atoms with Gasteiger partial charge < -0.3 is 9.84 Å². The van der Waals surface area contributed by atoms with Crippen molar-refractivity contribution in [1.29, 1.82) is 0 Å². The standard InChI is InChI=1S/C10H10O2.C9H10O/c11-9-12-8-4-7-10-5-2-1-3-6-10;10-8-4-7-9-5-2-1-3-6-9/h1-7,9H,8H2;1-7,10H,8H2. The number of aliphatic hydroxyl groups is 1. The number of hydrogen-bond acceptors (Lipinski definition) is 3. The average Bonchev–Trinajstić information content (AvgIpc) is 2.59. The average molecular weight is 296 g/mol. The molecule has 22 heavy (non-hydrogen) atoms. The SMILES string of the molecule is O=COCC=Cc1ccccc1.OCC=Cc1ccccc1. The molecule has 0 aliphatic carbocycles. The van der Waals surface area contributed by atoms with Gasteiger partial charge in [-0.05, 0) is 17.2 Å². The Morgan fingerprint density at radius 3 is 1.77 bits per heavy atom. The second-order valence-corrected chi connectivity index (χ2v) is 4.24. The second-order valence-electron chi connectivity index (χ2n) is 4.24. The van der Waals surface area contributed by atoms with E-state index in [0.717, 1.165) is 11.1 Å².